The smallest absolute Gasteiger partial charge is 0.248 e. The third kappa shape index (κ3) is 3.05. The summed E-state index contributed by atoms with van der Waals surface area (Å²) in [5, 5.41) is 3.61. The highest BCUT2D eigenvalue weighted by Gasteiger charge is 2.03. The van der Waals surface area contributed by atoms with Gasteiger partial charge in [0, 0.05) is 5.02 Å². The van der Waals surface area contributed by atoms with Gasteiger partial charge in [-0.25, -0.2) is 0 Å². The molecule has 4 heteroatoms. The van der Waals surface area contributed by atoms with Gasteiger partial charge in [0.25, 0.3) is 0 Å². The number of allylic oxidation sites excluding steroid dienone is 1. The molecular weight excluding hydrogens is 221 g/mol. The van der Waals surface area contributed by atoms with Crippen molar-refractivity contribution in [3.63, 3.8) is 0 Å². The Morgan fingerprint density at radius 3 is 2.79 bits per heavy atom. The molecule has 0 spiro atoms. The molecule has 1 rings (SSSR count). The summed E-state index contributed by atoms with van der Waals surface area (Å²) in [4.78, 5) is 11.2. The highest BCUT2D eigenvalue weighted by Crippen LogP contribution is 2.25. The number of carbonyl (C=O) groups is 1. The number of hydrogen-bond acceptors (Lipinski definition) is 1. The summed E-state index contributed by atoms with van der Waals surface area (Å²) in [6, 6.07) is 4.90. The van der Waals surface area contributed by atoms with Crippen LogP contribution in [0.1, 0.15) is 6.92 Å². The van der Waals surface area contributed by atoms with Gasteiger partial charge in [0.2, 0.25) is 5.91 Å². The molecule has 0 bridgehead atoms. The van der Waals surface area contributed by atoms with Crippen molar-refractivity contribution in [3.05, 3.63) is 40.4 Å². The lowest BCUT2D eigenvalue weighted by atomic mass is 10.3. The molecule has 74 valence electrons. The second kappa shape index (κ2) is 5.03. The van der Waals surface area contributed by atoms with E-state index in [1.807, 2.05) is 0 Å². The third-order valence-corrected chi connectivity index (χ3v) is 2.07. The Labute approximate surface area is 92.5 Å². The molecule has 0 aliphatic rings. The standard InChI is InChI=1S/C10H9Cl2NO/c1-2-3-10(14)13-9-6-7(11)4-5-8(9)12/h2-6H,1H3,(H,13,14). The molecular formula is C10H9Cl2NO. The topological polar surface area (TPSA) is 29.1 Å². The van der Waals surface area contributed by atoms with Crippen molar-refractivity contribution in [2.45, 2.75) is 6.92 Å². The van der Waals surface area contributed by atoms with Crippen molar-refractivity contribution in [1.82, 2.24) is 0 Å². The van der Waals surface area contributed by atoms with Crippen molar-refractivity contribution in [2.24, 2.45) is 0 Å². The number of amides is 1. The molecule has 1 aromatic rings. The molecule has 1 amide bonds. The van der Waals surface area contributed by atoms with E-state index < -0.39 is 0 Å². The maximum absolute atomic E-state index is 11.2. The number of nitrogens with one attached hydrogen (secondary N) is 1. The minimum atomic E-state index is -0.225. The first-order chi connectivity index (χ1) is 6.63. The van der Waals surface area contributed by atoms with Crippen LogP contribution in [0.5, 0.6) is 0 Å². The zero-order valence-electron chi connectivity index (χ0n) is 7.55. The number of halogens is 2. The lowest BCUT2D eigenvalue weighted by Crippen LogP contribution is -2.07. The molecule has 2 nitrogen and oxygen atoms in total. The number of carbonyl (C=O) groups excluding carboxylic acids is 1. The van der Waals surface area contributed by atoms with Crippen molar-refractivity contribution >= 4 is 34.8 Å². The van der Waals surface area contributed by atoms with Gasteiger partial charge >= 0.3 is 0 Å². The van der Waals surface area contributed by atoms with E-state index in [9.17, 15) is 4.79 Å². The lowest BCUT2D eigenvalue weighted by molar-refractivity contribution is -0.111. The number of anilines is 1. The van der Waals surface area contributed by atoms with Gasteiger partial charge in [0.1, 0.15) is 0 Å². The Morgan fingerprint density at radius 1 is 1.43 bits per heavy atom. The van der Waals surface area contributed by atoms with E-state index in [0.29, 0.717) is 15.7 Å². The predicted molar refractivity (Wildman–Crippen MR) is 59.9 cm³/mol. The minimum absolute atomic E-state index is 0.225. The highest BCUT2D eigenvalue weighted by molar-refractivity contribution is 6.35. The van der Waals surface area contributed by atoms with Crippen LogP contribution >= 0.6 is 23.2 Å². The second-order valence-corrected chi connectivity index (χ2v) is 3.46. The van der Waals surface area contributed by atoms with E-state index in [2.05, 4.69) is 5.32 Å². The number of benzene rings is 1. The summed E-state index contributed by atoms with van der Waals surface area (Å²) in [7, 11) is 0. The van der Waals surface area contributed by atoms with E-state index in [0.717, 1.165) is 0 Å². The normalized spacial score (nSPS) is 10.5. The van der Waals surface area contributed by atoms with E-state index in [-0.39, 0.29) is 5.91 Å². The number of rotatable bonds is 2. The zero-order valence-corrected chi connectivity index (χ0v) is 9.06. The fourth-order valence-electron chi connectivity index (χ4n) is 0.919. The first kappa shape index (κ1) is 11.1. The molecule has 1 N–H and O–H groups in total. The average molecular weight is 230 g/mol. The summed E-state index contributed by atoms with van der Waals surface area (Å²) in [5.41, 5.74) is 0.516. The maximum Gasteiger partial charge on any atom is 0.248 e. The lowest BCUT2D eigenvalue weighted by Gasteiger charge is -2.04. The Bertz CT molecular complexity index is 374. The zero-order chi connectivity index (χ0) is 10.6. The molecule has 0 radical (unpaired) electrons. The molecule has 0 unspecified atom stereocenters. The van der Waals surface area contributed by atoms with Crippen LogP contribution in [0.15, 0.2) is 30.4 Å². The van der Waals surface area contributed by atoms with E-state index in [1.54, 1.807) is 31.2 Å². The second-order valence-electron chi connectivity index (χ2n) is 2.61. The summed E-state index contributed by atoms with van der Waals surface area (Å²) in [5.74, 6) is -0.225. The fourth-order valence-corrected chi connectivity index (χ4v) is 1.26. The largest absolute Gasteiger partial charge is 0.321 e. The van der Waals surface area contributed by atoms with Crippen molar-refractivity contribution in [1.29, 1.82) is 0 Å². The van der Waals surface area contributed by atoms with Gasteiger partial charge in [-0.05, 0) is 31.2 Å². The van der Waals surface area contributed by atoms with Gasteiger partial charge in [0.15, 0.2) is 0 Å². The first-order valence-electron chi connectivity index (χ1n) is 4.02. The van der Waals surface area contributed by atoms with Gasteiger partial charge in [-0.15, -0.1) is 0 Å². The fraction of sp³-hybridized carbons (Fsp3) is 0.100. The monoisotopic (exact) mass is 229 g/mol. The minimum Gasteiger partial charge on any atom is -0.321 e. The van der Waals surface area contributed by atoms with E-state index in [4.69, 9.17) is 23.2 Å². The number of hydrogen-bond donors (Lipinski definition) is 1. The van der Waals surface area contributed by atoms with Gasteiger partial charge in [-0.2, -0.15) is 0 Å². The van der Waals surface area contributed by atoms with Crippen molar-refractivity contribution in [3.8, 4) is 0 Å². The molecule has 0 aromatic heterocycles. The predicted octanol–water partition coefficient (Wildman–Crippen LogP) is 3.51. The van der Waals surface area contributed by atoms with E-state index >= 15 is 0 Å². The molecule has 0 saturated carbocycles. The Kier molecular flexibility index (Phi) is 3.98. The van der Waals surface area contributed by atoms with Crippen LogP contribution in [0.3, 0.4) is 0 Å². The molecule has 0 aliphatic heterocycles. The third-order valence-electron chi connectivity index (χ3n) is 1.50. The average Bonchev–Trinajstić information content (AvgIpc) is 2.12. The molecule has 0 saturated heterocycles. The quantitative estimate of drug-likeness (QED) is 0.774. The van der Waals surface area contributed by atoms with E-state index in [1.165, 1.54) is 6.08 Å². The first-order valence-corrected chi connectivity index (χ1v) is 4.78. The molecule has 0 heterocycles. The SMILES string of the molecule is CC=CC(=O)Nc1cc(Cl)ccc1Cl. The van der Waals surface area contributed by atoms with Crippen LogP contribution < -0.4 is 5.32 Å². The molecule has 0 fully saturated rings. The molecule has 1 aromatic carbocycles. The van der Waals surface area contributed by atoms with Crippen LogP contribution in [0.4, 0.5) is 5.69 Å². The Morgan fingerprint density at radius 2 is 2.14 bits per heavy atom. The van der Waals surface area contributed by atoms with Crippen LogP contribution in [0, 0.1) is 0 Å². The van der Waals surface area contributed by atoms with Gasteiger partial charge in [-0.3, -0.25) is 4.79 Å². The Balaban J connectivity index is 2.85. The molecule has 0 atom stereocenters. The summed E-state index contributed by atoms with van der Waals surface area (Å²) in [6.45, 7) is 1.76. The summed E-state index contributed by atoms with van der Waals surface area (Å²) >= 11 is 11.6. The highest BCUT2D eigenvalue weighted by atomic mass is 35.5. The van der Waals surface area contributed by atoms with Gasteiger partial charge in [0.05, 0.1) is 10.7 Å². The van der Waals surface area contributed by atoms with Crippen molar-refractivity contribution in [2.75, 3.05) is 5.32 Å². The molecule has 0 aliphatic carbocycles. The maximum atomic E-state index is 11.2. The Hall–Kier alpha value is -0.990. The summed E-state index contributed by atoms with van der Waals surface area (Å²) in [6.07, 6.45) is 3.06. The van der Waals surface area contributed by atoms with Crippen LogP contribution in [-0.2, 0) is 4.79 Å². The summed E-state index contributed by atoms with van der Waals surface area (Å²) < 4.78 is 0. The van der Waals surface area contributed by atoms with Crippen molar-refractivity contribution < 1.29 is 4.79 Å². The molecule has 14 heavy (non-hydrogen) atoms. The van der Waals surface area contributed by atoms with Crippen LogP contribution in [-0.4, -0.2) is 5.91 Å². The van der Waals surface area contributed by atoms with Gasteiger partial charge in [-0.1, -0.05) is 29.3 Å². The van der Waals surface area contributed by atoms with Gasteiger partial charge < -0.3 is 5.32 Å². The van der Waals surface area contributed by atoms with Crippen LogP contribution in [0.2, 0.25) is 10.0 Å². The van der Waals surface area contributed by atoms with Crippen LogP contribution in [0.25, 0.3) is 0 Å².